The lowest BCUT2D eigenvalue weighted by Crippen LogP contribution is -2.27. The Labute approximate surface area is 158 Å². The third kappa shape index (κ3) is 3.60. The van der Waals surface area contributed by atoms with Crippen LogP contribution in [0.3, 0.4) is 0 Å². The van der Waals surface area contributed by atoms with E-state index in [2.05, 4.69) is 53.2 Å². The van der Waals surface area contributed by atoms with E-state index in [9.17, 15) is 4.79 Å². The Morgan fingerprint density at radius 1 is 1.19 bits per heavy atom. The van der Waals surface area contributed by atoms with Crippen LogP contribution in [0.1, 0.15) is 55.7 Å². The van der Waals surface area contributed by atoms with E-state index in [-0.39, 0.29) is 11.9 Å². The average molecular weight is 362 g/mol. The van der Waals surface area contributed by atoms with Crippen molar-refractivity contribution in [2.24, 2.45) is 0 Å². The van der Waals surface area contributed by atoms with Gasteiger partial charge in [-0.05, 0) is 35.6 Å². The van der Waals surface area contributed by atoms with E-state index >= 15 is 0 Å². The lowest BCUT2D eigenvalue weighted by molar-refractivity contribution is -0.129. The Balaban J connectivity index is 1.54. The molecule has 0 N–H and O–H groups in total. The van der Waals surface area contributed by atoms with E-state index < -0.39 is 0 Å². The number of rotatable bonds is 5. The molecule has 1 aliphatic heterocycles. The van der Waals surface area contributed by atoms with Crippen molar-refractivity contribution >= 4 is 5.91 Å². The third-order valence-corrected chi connectivity index (χ3v) is 4.95. The largest absolute Gasteiger partial charge is 0.337 e. The average Bonchev–Trinajstić information content (AvgIpc) is 3.31. The SMILES string of the molecule is CC(C)c1ccc(CN2C(=O)CCC2c2nc(-c3ccccn3)no2)cc1. The van der Waals surface area contributed by atoms with Gasteiger partial charge < -0.3 is 9.42 Å². The van der Waals surface area contributed by atoms with Gasteiger partial charge in [0.2, 0.25) is 17.6 Å². The van der Waals surface area contributed by atoms with E-state index in [1.807, 2.05) is 23.1 Å². The summed E-state index contributed by atoms with van der Waals surface area (Å²) in [6, 6.07) is 13.8. The molecule has 138 valence electrons. The monoisotopic (exact) mass is 362 g/mol. The van der Waals surface area contributed by atoms with Crippen LogP contribution >= 0.6 is 0 Å². The molecule has 3 heterocycles. The standard InChI is InChI=1S/C21H22N4O2/c1-14(2)16-8-6-15(7-9-16)13-25-18(10-11-19(25)26)21-23-20(24-27-21)17-5-3-4-12-22-17/h3-9,12,14,18H,10-11,13H2,1-2H3. The number of amides is 1. The van der Waals surface area contributed by atoms with Crippen molar-refractivity contribution in [3.63, 3.8) is 0 Å². The molecular formula is C21H22N4O2. The summed E-state index contributed by atoms with van der Waals surface area (Å²) in [5.41, 5.74) is 3.05. The fraction of sp³-hybridized carbons (Fsp3) is 0.333. The van der Waals surface area contributed by atoms with Gasteiger partial charge in [-0.3, -0.25) is 9.78 Å². The van der Waals surface area contributed by atoms with Gasteiger partial charge in [0.25, 0.3) is 0 Å². The highest BCUT2D eigenvalue weighted by atomic mass is 16.5. The molecule has 0 radical (unpaired) electrons. The molecule has 3 aromatic rings. The van der Waals surface area contributed by atoms with Crippen LogP contribution in [-0.4, -0.2) is 25.9 Å². The van der Waals surface area contributed by atoms with Gasteiger partial charge in [-0.25, -0.2) is 0 Å². The summed E-state index contributed by atoms with van der Waals surface area (Å²) >= 11 is 0. The van der Waals surface area contributed by atoms with Crippen LogP contribution < -0.4 is 0 Å². The van der Waals surface area contributed by atoms with Crippen LogP contribution in [0.25, 0.3) is 11.5 Å². The van der Waals surface area contributed by atoms with E-state index in [4.69, 9.17) is 4.52 Å². The quantitative estimate of drug-likeness (QED) is 0.683. The molecule has 1 aromatic carbocycles. The van der Waals surface area contributed by atoms with Crippen molar-refractivity contribution in [1.29, 1.82) is 0 Å². The number of aromatic nitrogens is 3. The molecule has 1 saturated heterocycles. The summed E-state index contributed by atoms with van der Waals surface area (Å²) in [5, 5.41) is 4.04. The van der Waals surface area contributed by atoms with Crippen LogP contribution in [0.15, 0.2) is 53.2 Å². The highest BCUT2D eigenvalue weighted by molar-refractivity contribution is 5.78. The van der Waals surface area contributed by atoms with Crippen LogP contribution in [0, 0.1) is 0 Å². The zero-order valence-electron chi connectivity index (χ0n) is 15.5. The number of hydrogen-bond donors (Lipinski definition) is 0. The molecule has 0 aliphatic carbocycles. The number of nitrogens with zero attached hydrogens (tertiary/aromatic N) is 4. The number of pyridine rings is 1. The van der Waals surface area contributed by atoms with Crippen molar-refractivity contribution < 1.29 is 9.32 Å². The van der Waals surface area contributed by atoms with Gasteiger partial charge in [-0.15, -0.1) is 0 Å². The summed E-state index contributed by atoms with van der Waals surface area (Å²) in [6.45, 7) is 4.89. The van der Waals surface area contributed by atoms with Gasteiger partial charge in [-0.1, -0.05) is 49.3 Å². The van der Waals surface area contributed by atoms with E-state index in [1.165, 1.54) is 5.56 Å². The van der Waals surface area contributed by atoms with Crippen molar-refractivity contribution in [1.82, 2.24) is 20.0 Å². The zero-order chi connectivity index (χ0) is 18.8. The lowest BCUT2D eigenvalue weighted by atomic mass is 10.0. The number of benzene rings is 1. The molecule has 4 rings (SSSR count). The summed E-state index contributed by atoms with van der Waals surface area (Å²) in [6.07, 6.45) is 2.88. The number of carbonyl (C=O) groups is 1. The molecule has 1 fully saturated rings. The maximum absolute atomic E-state index is 12.4. The van der Waals surface area contributed by atoms with Gasteiger partial charge in [0.15, 0.2) is 0 Å². The number of carbonyl (C=O) groups excluding carboxylic acids is 1. The second-order valence-electron chi connectivity index (χ2n) is 7.14. The highest BCUT2D eigenvalue weighted by Crippen LogP contribution is 2.34. The Hall–Kier alpha value is -3.02. The molecule has 6 heteroatoms. The molecule has 0 bridgehead atoms. The molecule has 1 unspecified atom stereocenters. The maximum atomic E-state index is 12.4. The minimum absolute atomic E-state index is 0.116. The summed E-state index contributed by atoms with van der Waals surface area (Å²) in [4.78, 5) is 23.0. The lowest BCUT2D eigenvalue weighted by Gasteiger charge is -2.22. The van der Waals surface area contributed by atoms with E-state index in [0.717, 1.165) is 5.56 Å². The first kappa shape index (κ1) is 17.4. The normalized spacial score (nSPS) is 17.1. The first-order valence-corrected chi connectivity index (χ1v) is 9.25. The Morgan fingerprint density at radius 3 is 2.70 bits per heavy atom. The van der Waals surface area contributed by atoms with Crippen LogP contribution in [0.5, 0.6) is 0 Å². The summed E-state index contributed by atoms with van der Waals surface area (Å²) in [5.74, 6) is 1.53. The number of hydrogen-bond acceptors (Lipinski definition) is 5. The second kappa shape index (κ2) is 7.31. The van der Waals surface area contributed by atoms with Gasteiger partial charge in [-0.2, -0.15) is 4.98 Å². The van der Waals surface area contributed by atoms with Crippen molar-refractivity contribution in [2.45, 2.75) is 45.2 Å². The topological polar surface area (TPSA) is 72.1 Å². The molecule has 2 aromatic heterocycles. The minimum Gasteiger partial charge on any atom is -0.337 e. The smallest absolute Gasteiger partial charge is 0.249 e. The molecule has 6 nitrogen and oxygen atoms in total. The van der Waals surface area contributed by atoms with Crippen LogP contribution in [0.2, 0.25) is 0 Å². The van der Waals surface area contributed by atoms with Gasteiger partial charge in [0.1, 0.15) is 11.7 Å². The third-order valence-electron chi connectivity index (χ3n) is 4.95. The minimum atomic E-state index is -0.188. The summed E-state index contributed by atoms with van der Waals surface area (Å²) < 4.78 is 5.47. The molecule has 0 spiro atoms. The van der Waals surface area contributed by atoms with E-state index in [1.54, 1.807) is 6.20 Å². The van der Waals surface area contributed by atoms with Gasteiger partial charge in [0, 0.05) is 19.2 Å². The van der Waals surface area contributed by atoms with Crippen LogP contribution in [-0.2, 0) is 11.3 Å². The predicted molar refractivity (Wildman–Crippen MR) is 101 cm³/mol. The Bertz CT molecular complexity index is 919. The molecule has 1 amide bonds. The highest BCUT2D eigenvalue weighted by Gasteiger charge is 2.36. The Kier molecular flexibility index (Phi) is 4.71. The molecule has 1 atom stereocenters. The fourth-order valence-electron chi connectivity index (χ4n) is 3.36. The second-order valence-corrected chi connectivity index (χ2v) is 7.14. The van der Waals surface area contributed by atoms with E-state index in [0.29, 0.717) is 42.7 Å². The molecule has 27 heavy (non-hydrogen) atoms. The Morgan fingerprint density at radius 2 is 2.00 bits per heavy atom. The maximum Gasteiger partial charge on any atom is 0.249 e. The van der Waals surface area contributed by atoms with Crippen molar-refractivity contribution in [3.05, 3.63) is 65.7 Å². The van der Waals surface area contributed by atoms with Crippen molar-refractivity contribution in [2.75, 3.05) is 0 Å². The molecule has 0 saturated carbocycles. The van der Waals surface area contributed by atoms with Crippen LogP contribution in [0.4, 0.5) is 0 Å². The molecular weight excluding hydrogens is 340 g/mol. The zero-order valence-corrected chi connectivity index (χ0v) is 15.5. The fourth-order valence-corrected chi connectivity index (χ4v) is 3.36. The molecule has 1 aliphatic rings. The van der Waals surface area contributed by atoms with Gasteiger partial charge in [0.05, 0.1) is 0 Å². The summed E-state index contributed by atoms with van der Waals surface area (Å²) in [7, 11) is 0. The predicted octanol–water partition coefficient (Wildman–Crippen LogP) is 4.12. The first-order chi connectivity index (χ1) is 13.1. The van der Waals surface area contributed by atoms with Crippen molar-refractivity contribution in [3.8, 4) is 11.5 Å². The number of likely N-dealkylation sites (tertiary alicyclic amines) is 1. The first-order valence-electron chi connectivity index (χ1n) is 9.25. The van der Waals surface area contributed by atoms with Gasteiger partial charge >= 0.3 is 0 Å².